The molecule has 0 saturated carbocycles. The van der Waals surface area contributed by atoms with Crippen molar-refractivity contribution in [3.05, 3.63) is 83.7 Å². The van der Waals surface area contributed by atoms with E-state index in [1.54, 1.807) is 24.3 Å². The van der Waals surface area contributed by atoms with E-state index in [9.17, 15) is 18.0 Å². The van der Waals surface area contributed by atoms with Gasteiger partial charge in [-0.2, -0.15) is 18.3 Å². The molecule has 2 aromatic carbocycles. The van der Waals surface area contributed by atoms with Crippen molar-refractivity contribution >= 4 is 11.9 Å². The van der Waals surface area contributed by atoms with Gasteiger partial charge in [-0.05, 0) is 23.3 Å². The van der Waals surface area contributed by atoms with Crippen LogP contribution in [-0.4, -0.2) is 39.8 Å². The Hall–Kier alpha value is -3.82. The van der Waals surface area contributed by atoms with Crippen molar-refractivity contribution in [1.29, 1.82) is 0 Å². The van der Waals surface area contributed by atoms with Crippen molar-refractivity contribution in [2.45, 2.75) is 24.9 Å². The largest absolute Gasteiger partial charge is 0.489 e. The Balaban J connectivity index is 1.72. The van der Waals surface area contributed by atoms with Crippen LogP contribution in [0, 0.1) is 0 Å². The summed E-state index contributed by atoms with van der Waals surface area (Å²) in [5.74, 6) is -0.0690. The van der Waals surface area contributed by atoms with Gasteiger partial charge in [-0.15, -0.1) is 0 Å². The lowest BCUT2D eigenvalue weighted by atomic mass is 9.84. The summed E-state index contributed by atoms with van der Waals surface area (Å²) in [5.41, 5.74) is 5.81. The van der Waals surface area contributed by atoms with E-state index in [1.165, 1.54) is 24.3 Å². The van der Waals surface area contributed by atoms with Crippen LogP contribution in [0.4, 0.5) is 13.2 Å². The first-order chi connectivity index (χ1) is 15.2. The van der Waals surface area contributed by atoms with E-state index in [4.69, 9.17) is 10.5 Å². The molecule has 0 saturated heterocycles. The van der Waals surface area contributed by atoms with Gasteiger partial charge in [0.2, 0.25) is 0 Å². The lowest BCUT2D eigenvalue weighted by Crippen LogP contribution is -2.41. The molecule has 0 spiro atoms. The molecule has 32 heavy (non-hydrogen) atoms. The van der Waals surface area contributed by atoms with Gasteiger partial charge < -0.3 is 10.5 Å². The Kier molecular flexibility index (Phi) is 5.37. The number of aliphatic imine (C=N–C) groups is 1. The molecule has 2 heterocycles. The average Bonchev–Trinajstić information content (AvgIpc) is 3.31. The van der Waals surface area contributed by atoms with Gasteiger partial charge in [-0.3, -0.25) is 14.4 Å². The normalized spacial score (nSPS) is 18.7. The van der Waals surface area contributed by atoms with Crippen LogP contribution >= 0.6 is 0 Å². The number of hydrogen-bond donors (Lipinski definition) is 1. The minimum Gasteiger partial charge on any atom is -0.489 e. The standard InChI is InChI=1S/C22H20F3N5O2/c1-29-19(31)22(28-20(29)26,17-11-27-30(12-17)14-21(23,24)25)16-8-5-9-18(10-16)32-13-15-6-3-2-4-7-15/h2-12H,13-14H2,1H3,(H2,26,28). The summed E-state index contributed by atoms with van der Waals surface area (Å²) >= 11 is 0. The Labute approximate surface area is 181 Å². The topological polar surface area (TPSA) is 85.7 Å². The lowest BCUT2D eigenvalue weighted by molar-refractivity contribution is -0.142. The first kappa shape index (κ1) is 21.4. The number of amides is 1. The Bertz CT molecular complexity index is 1160. The zero-order chi connectivity index (χ0) is 22.9. The van der Waals surface area contributed by atoms with Crippen LogP contribution in [0.25, 0.3) is 0 Å². The molecule has 7 nitrogen and oxygen atoms in total. The molecule has 166 valence electrons. The molecule has 4 rings (SSSR count). The summed E-state index contributed by atoms with van der Waals surface area (Å²) in [4.78, 5) is 18.8. The summed E-state index contributed by atoms with van der Waals surface area (Å²) in [7, 11) is 1.46. The molecule has 1 aromatic heterocycles. The van der Waals surface area contributed by atoms with Gasteiger partial charge in [0.05, 0.1) is 6.20 Å². The fourth-order valence-corrected chi connectivity index (χ4v) is 3.56. The second kappa shape index (κ2) is 8.03. The fraction of sp³-hybridized carbons (Fsp3) is 0.227. The quantitative estimate of drug-likeness (QED) is 0.635. The van der Waals surface area contributed by atoms with E-state index in [0.29, 0.717) is 17.9 Å². The molecule has 1 aliphatic heterocycles. The van der Waals surface area contributed by atoms with Gasteiger partial charge in [0.15, 0.2) is 11.5 Å². The molecule has 0 bridgehead atoms. The Morgan fingerprint density at radius 2 is 1.84 bits per heavy atom. The van der Waals surface area contributed by atoms with Crippen LogP contribution in [0.3, 0.4) is 0 Å². The van der Waals surface area contributed by atoms with E-state index in [1.807, 2.05) is 30.3 Å². The fourth-order valence-electron chi connectivity index (χ4n) is 3.56. The van der Waals surface area contributed by atoms with Crippen LogP contribution < -0.4 is 10.5 Å². The number of likely N-dealkylation sites (N-methyl/N-ethyl adjacent to an activating group) is 1. The predicted molar refractivity (Wildman–Crippen MR) is 111 cm³/mol. The average molecular weight is 443 g/mol. The molecule has 10 heteroatoms. The Morgan fingerprint density at radius 1 is 1.09 bits per heavy atom. The van der Waals surface area contributed by atoms with Crippen LogP contribution in [0.5, 0.6) is 5.75 Å². The monoisotopic (exact) mass is 443 g/mol. The van der Waals surface area contributed by atoms with Gasteiger partial charge in [0, 0.05) is 18.8 Å². The highest BCUT2D eigenvalue weighted by atomic mass is 19.4. The number of ether oxygens (including phenoxy) is 1. The van der Waals surface area contributed by atoms with Crippen molar-refractivity contribution in [1.82, 2.24) is 14.7 Å². The van der Waals surface area contributed by atoms with Crippen LogP contribution in [-0.2, 0) is 23.5 Å². The number of alkyl halides is 3. The lowest BCUT2D eigenvalue weighted by Gasteiger charge is -2.24. The summed E-state index contributed by atoms with van der Waals surface area (Å²) in [6, 6.07) is 16.2. The van der Waals surface area contributed by atoms with Gasteiger partial charge in [0.1, 0.15) is 18.9 Å². The van der Waals surface area contributed by atoms with Crippen LogP contribution in [0.15, 0.2) is 72.0 Å². The van der Waals surface area contributed by atoms with E-state index in [0.717, 1.165) is 10.2 Å². The van der Waals surface area contributed by atoms with E-state index in [-0.39, 0.29) is 11.5 Å². The highest BCUT2D eigenvalue weighted by Crippen LogP contribution is 2.40. The maximum absolute atomic E-state index is 13.3. The van der Waals surface area contributed by atoms with Crippen molar-refractivity contribution in [3.63, 3.8) is 0 Å². The number of hydrogen-bond acceptors (Lipinski definition) is 5. The predicted octanol–water partition coefficient (Wildman–Crippen LogP) is 3.05. The number of aromatic nitrogens is 2. The number of carbonyl (C=O) groups is 1. The molecule has 1 atom stereocenters. The zero-order valence-electron chi connectivity index (χ0n) is 17.1. The summed E-state index contributed by atoms with van der Waals surface area (Å²) in [6.07, 6.45) is -2.09. The molecule has 0 aliphatic carbocycles. The third-order valence-electron chi connectivity index (χ3n) is 5.13. The number of halogens is 3. The molecule has 0 fully saturated rings. The number of nitrogens with zero attached hydrogens (tertiary/aromatic N) is 4. The second-order valence-corrected chi connectivity index (χ2v) is 7.39. The van der Waals surface area contributed by atoms with Crippen molar-refractivity contribution in [2.75, 3.05) is 7.05 Å². The smallest absolute Gasteiger partial charge is 0.408 e. The molecule has 2 N–H and O–H groups in total. The van der Waals surface area contributed by atoms with Crippen LogP contribution in [0.2, 0.25) is 0 Å². The number of benzene rings is 2. The molecule has 3 aromatic rings. The van der Waals surface area contributed by atoms with Gasteiger partial charge in [0.25, 0.3) is 5.91 Å². The highest BCUT2D eigenvalue weighted by molar-refractivity contribution is 6.08. The van der Waals surface area contributed by atoms with E-state index in [2.05, 4.69) is 10.1 Å². The number of guanidine groups is 1. The zero-order valence-corrected chi connectivity index (χ0v) is 17.1. The molecule has 1 amide bonds. The maximum atomic E-state index is 13.3. The second-order valence-electron chi connectivity index (χ2n) is 7.39. The highest BCUT2D eigenvalue weighted by Gasteiger charge is 2.50. The summed E-state index contributed by atoms with van der Waals surface area (Å²) < 4.78 is 45.1. The SMILES string of the molecule is CN1C(=O)C(c2cccc(OCc3ccccc3)c2)(c2cnn(CC(F)(F)F)c2)N=C1N. The third kappa shape index (κ3) is 4.03. The van der Waals surface area contributed by atoms with Crippen molar-refractivity contribution in [2.24, 2.45) is 10.7 Å². The molecule has 0 radical (unpaired) electrons. The van der Waals surface area contributed by atoms with E-state index >= 15 is 0 Å². The van der Waals surface area contributed by atoms with E-state index < -0.39 is 24.2 Å². The van der Waals surface area contributed by atoms with Gasteiger partial charge >= 0.3 is 6.18 Å². The van der Waals surface area contributed by atoms with Crippen LogP contribution in [0.1, 0.15) is 16.7 Å². The first-order valence-electron chi connectivity index (χ1n) is 9.69. The van der Waals surface area contributed by atoms with Crippen molar-refractivity contribution in [3.8, 4) is 5.75 Å². The molecule has 1 unspecified atom stereocenters. The first-order valence-corrected chi connectivity index (χ1v) is 9.69. The Morgan fingerprint density at radius 3 is 2.50 bits per heavy atom. The minimum absolute atomic E-state index is 0.0471. The number of nitrogens with two attached hydrogens (primary N) is 1. The van der Waals surface area contributed by atoms with Gasteiger partial charge in [-0.1, -0.05) is 42.5 Å². The number of carbonyl (C=O) groups excluding carboxylic acids is 1. The summed E-state index contributed by atoms with van der Waals surface area (Å²) in [6.45, 7) is -0.980. The van der Waals surface area contributed by atoms with Gasteiger partial charge in [-0.25, -0.2) is 4.99 Å². The molecule has 1 aliphatic rings. The molecular formula is C22H20F3N5O2. The van der Waals surface area contributed by atoms with Crippen molar-refractivity contribution < 1.29 is 22.7 Å². The molecular weight excluding hydrogens is 423 g/mol. The number of rotatable bonds is 6. The summed E-state index contributed by atoms with van der Waals surface area (Å²) in [5, 5.41) is 3.78. The minimum atomic E-state index is -4.46. The third-order valence-corrected chi connectivity index (χ3v) is 5.13. The maximum Gasteiger partial charge on any atom is 0.408 e.